The highest BCUT2D eigenvalue weighted by Gasteiger charge is 2.51. The van der Waals surface area contributed by atoms with Crippen LogP contribution in [-0.2, 0) is 32.7 Å². The molecule has 1 fully saturated rings. The van der Waals surface area contributed by atoms with E-state index in [1.165, 1.54) is 12.8 Å². The van der Waals surface area contributed by atoms with Gasteiger partial charge in [-0.05, 0) is 51.4 Å². The minimum absolute atomic E-state index is 0.0849. The molecular formula is C36H65O13P. The summed E-state index contributed by atoms with van der Waals surface area (Å²) in [7, 11) is -5.11. The van der Waals surface area contributed by atoms with Gasteiger partial charge in [-0.1, -0.05) is 95.9 Å². The molecule has 1 saturated carbocycles. The van der Waals surface area contributed by atoms with Gasteiger partial charge in [-0.3, -0.25) is 18.6 Å². The highest BCUT2D eigenvalue weighted by molar-refractivity contribution is 7.47. The third-order valence-corrected chi connectivity index (χ3v) is 9.48. The number of aliphatic hydroxyl groups is 5. The Morgan fingerprint density at radius 2 is 1.06 bits per heavy atom. The standard InChI is InChI=1S/C36H65O13P/c1-3-5-7-9-11-13-15-17-19-21-23-25-30(38)48-28(26-46-29(37)24-22-20-18-16-14-12-10-8-6-4-2)27-47-50(44,45)49-36-34(42)32(40)31(39)33(41)35(36)43/h8-11,28,31-36,39-43H,3-7,12-27H2,1-2H3,(H,44,45)/b10-8-,11-9-. The van der Waals surface area contributed by atoms with Crippen molar-refractivity contribution < 1.29 is 63.1 Å². The van der Waals surface area contributed by atoms with Gasteiger partial charge < -0.3 is 39.9 Å². The third-order valence-electron chi connectivity index (χ3n) is 8.50. The van der Waals surface area contributed by atoms with Crippen LogP contribution in [0.5, 0.6) is 0 Å². The molecule has 0 amide bonds. The Labute approximate surface area is 298 Å². The topological polar surface area (TPSA) is 210 Å². The van der Waals surface area contributed by atoms with E-state index in [9.17, 15) is 44.6 Å². The maximum absolute atomic E-state index is 12.7. The third kappa shape index (κ3) is 21.0. The summed E-state index contributed by atoms with van der Waals surface area (Å²) in [6.07, 6.45) is 12.7. The minimum Gasteiger partial charge on any atom is -0.462 e. The quantitative estimate of drug-likeness (QED) is 0.0249. The minimum atomic E-state index is -5.11. The summed E-state index contributed by atoms with van der Waals surface area (Å²) in [4.78, 5) is 35.3. The molecule has 0 radical (unpaired) electrons. The summed E-state index contributed by atoms with van der Waals surface area (Å²) >= 11 is 0. The number of unbranched alkanes of at least 4 members (excludes halogenated alkanes) is 13. The number of esters is 2. The Kier molecular flexibility index (Phi) is 25.9. The van der Waals surface area contributed by atoms with Gasteiger partial charge in [-0.25, -0.2) is 4.57 Å². The fourth-order valence-electron chi connectivity index (χ4n) is 5.39. The molecule has 1 rings (SSSR count). The van der Waals surface area contributed by atoms with Gasteiger partial charge in [0.25, 0.3) is 0 Å². The van der Waals surface area contributed by atoms with Crippen molar-refractivity contribution in [2.75, 3.05) is 13.2 Å². The van der Waals surface area contributed by atoms with E-state index in [0.29, 0.717) is 12.8 Å². The van der Waals surface area contributed by atoms with E-state index in [-0.39, 0.29) is 12.8 Å². The van der Waals surface area contributed by atoms with Crippen LogP contribution in [0.15, 0.2) is 24.3 Å². The van der Waals surface area contributed by atoms with Gasteiger partial charge in [-0.15, -0.1) is 0 Å². The molecule has 292 valence electrons. The van der Waals surface area contributed by atoms with E-state index in [4.69, 9.17) is 18.5 Å². The van der Waals surface area contributed by atoms with Crippen LogP contribution in [0.25, 0.3) is 0 Å². The van der Waals surface area contributed by atoms with E-state index in [0.717, 1.165) is 83.5 Å². The van der Waals surface area contributed by atoms with Crippen molar-refractivity contribution in [1.82, 2.24) is 0 Å². The van der Waals surface area contributed by atoms with Crippen LogP contribution in [0.3, 0.4) is 0 Å². The first-order valence-electron chi connectivity index (χ1n) is 18.6. The van der Waals surface area contributed by atoms with Crippen LogP contribution in [0.1, 0.15) is 136 Å². The molecule has 0 aromatic carbocycles. The molecule has 0 saturated heterocycles. The number of carbonyl (C=O) groups excluding carboxylic acids is 2. The predicted octanol–water partition coefficient (Wildman–Crippen LogP) is 5.33. The molecule has 6 N–H and O–H groups in total. The summed E-state index contributed by atoms with van der Waals surface area (Å²) < 4.78 is 33.2. The van der Waals surface area contributed by atoms with Crippen molar-refractivity contribution in [3.05, 3.63) is 24.3 Å². The Hall–Kier alpha value is -1.67. The molecule has 0 bridgehead atoms. The number of hydrogen-bond donors (Lipinski definition) is 6. The van der Waals surface area contributed by atoms with Crippen molar-refractivity contribution in [2.24, 2.45) is 0 Å². The predicted molar refractivity (Wildman–Crippen MR) is 189 cm³/mol. The first-order valence-corrected chi connectivity index (χ1v) is 20.1. The lowest BCUT2D eigenvalue weighted by molar-refractivity contribution is -0.220. The molecule has 1 aliphatic rings. The Morgan fingerprint density at radius 3 is 1.60 bits per heavy atom. The molecule has 14 heteroatoms. The van der Waals surface area contributed by atoms with Crippen LogP contribution in [-0.4, -0.2) is 98.3 Å². The average molecular weight is 737 g/mol. The van der Waals surface area contributed by atoms with E-state index < -0.39 is 75.7 Å². The summed E-state index contributed by atoms with van der Waals surface area (Å²) in [6.45, 7) is 3.13. The summed E-state index contributed by atoms with van der Waals surface area (Å²) in [5, 5.41) is 49.8. The monoisotopic (exact) mass is 736 g/mol. The zero-order valence-electron chi connectivity index (χ0n) is 30.2. The number of aliphatic hydroxyl groups excluding tert-OH is 5. The fourth-order valence-corrected chi connectivity index (χ4v) is 6.36. The zero-order chi connectivity index (χ0) is 37.2. The smallest absolute Gasteiger partial charge is 0.462 e. The second-order valence-electron chi connectivity index (χ2n) is 13.1. The van der Waals surface area contributed by atoms with Crippen molar-refractivity contribution in [3.63, 3.8) is 0 Å². The molecule has 13 nitrogen and oxygen atoms in total. The normalized spacial score (nSPS) is 24.4. The number of carbonyl (C=O) groups is 2. The maximum Gasteiger partial charge on any atom is 0.472 e. The van der Waals surface area contributed by atoms with Crippen molar-refractivity contribution in [3.8, 4) is 0 Å². The number of ether oxygens (including phenoxy) is 2. The van der Waals surface area contributed by atoms with Crippen LogP contribution >= 0.6 is 7.82 Å². The number of phosphoric acid groups is 1. The average Bonchev–Trinajstić information content (AvgIpc) is 3.09. The van der Waals surface area contributed by atoms with Crippen LogP contribution in [0.4, 0.5) is 0 Å². The maximum atomic E-state index is 12.7. The van der Waals surface area contributed by atoms with Crippen molar-refractivity contribution in [1.29, 1.82) is 0 Å². The van der Waals surface area contributed by atoms with E-state index in [1.807, 2.05) is 0 Å². The SMILES string of the molecule is CCC/C=C\CCCCCCCC(=O)OCC(COP(=O)(O)OC1C(O)C(O)C(O)C(O)C1O)OC(=O)CCCCCCC/C=C\CCCC. The second kappa shape index (κ2) is 27.9. The Bertz CT molecular complexity index is 990. The molecule has 50 heavy (non-hydrogen) atoms. The molecular weight excluding hydrogens is 671 g/mol. The number of phosphoric ester groups is 1. The number of allylic oxidation sites excluding steroid dienone is 4. The highest BCUT2D eigenvalue weighted by atomic mass is 31.2. The summed E-state index contributed by atoms with van der Waals surface area (Å²) in [6, 6.07) is 0. The molecule has 6 unspecified atom stereocenters. The summed E-state index contributed by atoms with van der Waals surface area (Å²) in [5.74, 6) is -1.13. The lowest BCUT2D eigenvalue weighted by Crippen LogP contribution is -2.64. The molecule has 0 aromatic heterocycles. The molecule has 0 heterocycles. The van der Waals surface area contributed by atoms with Gasteiger partial charge in [0.05, 0.1) is 6.61 Å². The van der Waals surface area contributed by atoms with Crippen LogP contribution < -0.4 is 0 Å². The highest BCUT2D eigenvalue weighted by Crippen LogP contribution is 2.47. The van der Waals surface area contributed by atoms with Gasteiger partial charge in [-0.2, -0.15) is 0 Å². The van der Waals surface area contributed by atoms with Crippen LogP contribution in [0.2, 0.25) is 0 Å². The van der Waals surface area contributed by atoms with Gasteiger partial charge >= 0.3 is 19.8 Å². The summed E-state index contributed by atoms with van der Waals surface area (Å²) in [5.41, 5.74) is 0. The Morgan fingerprint density at radius 1 is 0.600 bits per heavy atom. The lowest BCUT2D eigenvalue weighted by Gasteiger charge is -2.41. The van der Waals surface area contributed by atoms with Crippen LogP contribution in [0, 0.1) is 0 Å². The van der Waals surface area contributed by atoms with Gasteiger partial charge in [0, 0.05) is 12.8 Å². The first-order chi connectivity index (χ1) is 23.9. The van der Waals surface area contributed by atoms with E-state index >= 15 is 0 Å². The fraction of sp³-hybridized carbons (Fsp3) is 0.833. The molecule has 0 aromatic rings. The molecule has 1 aliphatic carbocycles. The van der Waals surface area contributed by atoms with Crippen molar-refractivity contribution in [2.45, 2.75) is 179 Å². The van der Waals surface area contributed by atoms with Gasteiger partial charge in [0.1, 0.15) is 43.2 Å². The zero-order valence-corrected chi connectivity index (χ0v) is 31.1. The van der Waals surface area contributed by atoms with E-state index in [2.05, 4.69) is 38.2 Å². The lowest BCUT2D eigenvalue weighted by atomic mass is 9.85. The largest absolute Gasteiger partial charge is 0.472 e. The molecule has 0 aliphatic heterocycles. The Balaban J connectivity index is 2.58. The van der Waals surface area contributed by atoms with E-state index in [1.54, 1.807) is 0 Å². The second-order valence-corrected chi connectivity index (χ2v) is 14.5. The number of hydrogen-bond acceptors (Lipinski definition) is 12. The first kappa shape index (κ1) is 46.4. The molecule has 0 spiro atoms. The molecule has 6 atom stereocenters. The van der Waals surface area contributed by atoms with Crippen molar-refractivity contribution >= 4 is 19.8 Å². The van der Waals surface area contributed by atoms with Gasteiger partial charge in [0.15, 0.2) is 6.10 Å². The number of rotatable bonds is 29. The van der Waals surface area contributed by atoms with Gasteiger partial charge in [0.2, 0.25) is 0 Å².